The molecule has 2 aliphatic heterocycles. The molecular weight excluding hydrogens is 406 g/mol. The highest BCUT2D eigenvalue weighted by Crippen LogP contribution is 2.39. The van der Waals surface area contributed by atoms with Gasteiger partial charge in [0.15, 0.2) is 0 Å². The molecule has 0 bridgehead atoms. The number of sulfonamides is 1. The van der Waals surface area contributed by atoms with E-state index in [9.17, 15) is 13.2 Å². The van der Waals surface area contributed by atoms with Crippen molar-refractivity contribution in [2.75, 3.05) is 33.4 Å². The number of pyridine rings is 1. The van der Waals surface area contributed by atoms with Crippen LogP contribution in [0.25, 0.3) is 0 Å². The number of carbonyl (C=O) groups excluding carboxylic acids is 1. The second-order valence-electron chi connectivity index (χ2n) is 7.63. The summed E-state index contributed by atoms with van der Waals surface area (Å²) in [6, 6.07) is 12.1. The van der Waals surface area contributed by atoms with Crippen molar-refractivity contribution < 1.29 is 22.7 Å². The summed E-state index contributed by atoms with van der Waals surface area (Å²) in [4.78, 5) is 18.7. The molecule has 160 valence electrons. The van der Waals surface area contributed by atoms with Gasteiger partial charge in [-0.2, -0.15) is 4.31 Å². The first-order valence-electron chi connectivity index (χ1n) is 9.88. The maximum atomic E-state index is 13.4. The molecule has 1 saturated heterocycles. The monoisotopic (exact) mass is 431 g/mol. The minimum Gasteiger partial charge on any atom is -0.483 e. The Morgan fingerprint density at radius 2 is 2.00 bits per heavy atom. The van der Waals surface area contributed by atoms with E-state index in [-0.39, 0.29) is 23.9 Å². The summed E-state index contributed by atoms with van der Waals surface area (Å²) in [6.07, 6.45) is 2.49. The Labute approximate surface area is 176 Å². The van der Waals surface area contributed by atoms with Crippen LogP contribution in [0.4, 0.5) is 0 Å². The third-order valence-electron chi connectivity index (χ3n) is 5.51. The highest BCUT2D eigenvalue weighted by Gasteiger charge is 2.48. The first-order chi connectivity index (χ1) is 14.4. The second-order valence-corrected chi connectivity index (χ2v) is 9.54. The SMILES string of the molecule is COCCC(=O)N1CCC2(C1)CN(Cc1ccccn1)S(=O)(=O)c1ccccc1O2. The molecule has 8 nitrogen and oxygen atoms in total. The lowest BCUT2D eigenvalue weighted by Crippen LogP contribution is -2.49. The summed E-state index contributed by atoms with van der Waals surface area (Å²) >= 11 is 0. The minimum absolute atomic E-state index is 0.0195. The van der Waals surface area contributed by atoms with Gasteiger partial charge in [0.05, 0.1) is 38.4 Å². The molecule has 3 heterocycles. The lowest BCUT2D eigenvalue weighted by Gasteiger charge is -2.31. The zero-order valence-corrected chi connectivity index (χ0v) is 17.7. The van der Waals surface area contributed by atoms with Gasteiger partial charge in [0.1, 0.15) is 16.2 Å². The number of amides is 1. The first-order valence-corrected chi connectivity index (χ1v) is 11.3. The third-order valence-corrected chi connectivity index (χ3v) is 7.34. The summed E-state index contributed by atoms with van der Waals surface area (Å²) in [7, 11) is -2.23. The molecule has 2 aromatic rings. The Balaban J connectivity index is 1.67. The van der Waals surface area contributed by atoms with Crippen molar-refractivity contribution in [3.63, 3.8) is 0 Å². The summed E-state index contributed by atoms with van der Waals surface area (Å²) in [5.74, 6) is 0.307. The summed E-state index contributed by atoms with van der Waals surface area (Å²) in [5.41, 5.74) is -0.154. The third kappa shape index (κ3) is 4.05. The molecule has 4 rings (SSSR count). The Morgan fingerprint density at radius 1 is 1.20 bits per heavy atom. The van der Waals surface area contributed by atoms with Crippen LogP contribution in [0.15, 0.2) is 53.6 Å². The van der Waals surface area contributed by atoms with Crippen LogP contribution < -0.4 is 4.74 Å². The highest BCUT2D eigenvalue weighted by molar-refractivity contribution is 7.89. The van der Waals surface area contributed by atoms with Crippen LogP contribution in [0.1, 0.15) is 18.5 Å². The van der Waals surface area contributed by atoms with Crippen molar-refractivity contribution >= 4 is 15.9 Å². The average molecular weight is 432 g/mol. The van der Waals surface area contributed by atoms with Gasteiger partial charge >= 0.3 is 0 Å². The fraction of sp³-hybridized carbons (Fsp3) is 0.429. The topological polar surface area (TPSA) is 89.0 Å². The number of hydrogen-bond donors (Lipinski definition) is 0. The number of aromatic nitrogens is 1. The van der Waals surface area contributed by atoms with Crippen molar-refractivity contribution in [3.8, 4) is 5.75 Å². The van der Waals surface area contributed by atoms with Crippen molar-refractivity contribution in [2.45, 2.75) is 29.9 Å². The lowest BCUT2D eigenvalue weighted by molar-refractivity contribution is -0.131. The number of para-hydroxylation sites is 1. The molecule has 1 fully saturated rings. The molecule has 1 spiro atoms. The van der Waals surface area contributed by atoms with Crippen LogP contribution in [0.3, 0.4) is 0 Å². The molecule has 1 aromatic carbocycles. The van der Waals surface area contributed by atoms with E-state index >= 15 is 0 Å². The van der Waals surface area contributed by atoms with Crippen LogP contribution in [-0.4, -0.2) is 67.5 Å². The van der Waals surface area contributed by atoms with Gasteiger partial charge in [-0.05, 0) is 24.3 Å². The highest BCUT2D eigenvalue weighted by atomic mass is 32.2. The number of ether oxygens (including phenoxy) is 2. The van der Waals surface area contributed by atoms with Gasteiger partial charge in [-0.1, -0.05) is 18.2 Å². The van der Waals surface area contributed by atoms with Crippen LogP contribution in [-0.2, 0) is 26.1 Å². The molecule has 9 heteroatoms. The maximum absolute atomic E-state index is 13.4. The standard InChI is InChI=1S/C21H25N3O5S/c1-28-13-9-20(25)23-12-10-21(15-23)16-24(14-17-6-4-5-11-22-17)30(26,27)19-8-3-2-7-18(19)29-21/h2-8,11H,9-10,12-16H2,1H3. The molecule has 1 unspecified atom stereocenters. The molecule has 0 radical (unpaired) electrons. The smallest absolute Gasteiger partial charge is 0.247 e. The van der Waals surface area contributed by atoms with Gasteiger partial charge in [-0.3, -0.25) is 9.78 Å². The van der Waals surface area contributed by atoms with Crippen molar-refractivity contribution in [1.82, 2.24) is 14.2 Å². The number of rotatable bonds is 5. The fourth-order valence-electron chi connectivity index (χ4n) is 3.99. The Bertz CT molecular complexity index is 1010. The molecule has 1 amide bonds. The van der Waals surface area contributed by atoms with Crippen LogP contribution in [0, 0.1) is 0 Å². The van der Waals surface area contributed by atoms with Crippen LogP contribution >= 0.6 is 0 Å². The maximum Gasteiger partial charge on any atom is 0.247 e. The number of likely N-dealkylation sites (tertiary alicyclic amines) is 1. The van der Waals surface area contributed by atoms with Crippen molar-refractivity contribution in [2.24, 2.45) is 0 Å². The van der Waals surface area contributed by atoms with E-state index in [1.54, 1.807) is 54.6 Å². The molecule has 0 N–H and O–H groups in total. The predicted octanol–water partition coefficient (Wildman–Crippen LogP) is 1.67. The van der Waals surface area contributed by atoms with E-state index in [0.29, 0.717) is 44.0 Å². The van der Waals surface area contributed by atoms with E-state index in [1.165, 1.54) is 4.31 Å². The van der Waals surface area contributed by atoms with Crippen molar-refractivity contribution in [1.29, 1.82) is 0 Å². The number of hydrogen-bond acceptors (Lipinski definition) is 6. The van der Waals surface area contributed by atoms with Gasteiger partial charge in [0.25, 0.3) is 0 Å². The number of methoxy groups -OCH3 is 1. The number of fused-ring (bicyclic) bond motifs is 1. The molecule has 0 saturated carbocycles. The summed E-state index contributed by atoms with van der Waals surface area (Å²) < 4.78 is 39.7. The zero-order chi connectivity index (χ0) is 21.2. The molecule has 30 heavy (non-hydrogen) atoms. The van der Waals surface area contributed by atoms with Crippen LogP contribution in [0.5, 0.6) is 5.75 Å². The molecular formula is C21H25N3O5S. The van der Waals surface area contributed by atoms with E-state index in [2.05, 4.69) is 4.98 Å². The van der Waals surface area contributed by atoms with E-state index < -0.39 is 15.6 Å². The van der Waals surface area contributed by atoms with E-state index in [1.807, 2.05) is 6.07 Å². The second kappa shape index (κ2) is 8.33. The van der Waals surface area contributed by atoms with Crippen molar-refractivity contribution in [3.05, 3.63) is 54.4 Å². The van der Waals surface area contributed by atoms with E-state index in [0.717, 1.165) is 0 Å². The molecule has 1 aromatic heterocycles. The molecule has 2 aliphatic rings. The zero-order valence-electron chi connectivity index (χ0n) is 16.9. The quantitative estimate of drug-likeness (QED) is 0.716. The number of benzene rings is 1. The van der Waals surface area contributed by atoms with Gasteiger partial charge in [-0.15, -0.1) is 0 Å². The Kier molecular flexibility index (Phi) is 5.77. The van der Waals surface area contributed by atoms with Gasteiger partial charge in [-0.25, -0.2) is 8.42 Å². The molecule has 0 aliphatic carbocycles. The average Bonchev–Trinajstić information content (AvgIpc) is 3.12. The Hall–Kier alpha value is -2.49. The number of carbonyl (C=O) groups is 1. The normalized spacial score (nSPS) is 23.0. The molecule has 1 atom stereocenters. The van der Waals surface area contributed by atoms with Gasteiger partial charge in [0, 0.05) is 26.3 Å². The fourth-order valence-corrected chi connectivity index (χ4v) is 5.59. The predicted molar refractivity (Wildman–Crippen MR) is 109 cm³/mol. The summed E-state index contributed by atoms with van der Waals surface area (Å²) in [5, 5.41) is 0. The number of nitrogens with zero attached hydrogens (tertiary/aromatic N) is 3. The van der Waals surface area contributed by atoms with Gasteiger partial charge in [0.2, 0.25) is 15.9 Å². The first kappa shape index (κ1) is 20.8. The van der Waals surface area contributed by atoms with E-state index in [4.69, 9.17) is 9.47 Å². The van der Waals surface area contributed by atoms with Crippen LogP contribution in [0.2, 0.25) is 0 Å². The summed E-state index contributed by atoms with van der Waals surface area (Å²) in [6.45, 7) is 1.49. The van der Waals surface area contributed by atoms with Gasteiger partial charge < -0.3 is 14.4 Å². The lowest BCUT2D eigenvalue weighted by atomic mass is 10.0. The Morgan fingerprint density at radius 3 is 2.77 bits per heavy atom. The minimum atomic E-state index is -3.79. The largest absolute Gasteiger partial charge is 0.483 e.